The van der Waals surface area contributed by atoms with Gasteiger partial charge in [-0.1, -0.05) is 15.9 Å². The third kappa shape index (κ3) is 3.96. The Hall–Kier alpha value is -1.14. The van der Waals surface area contributed by atoms with Crippen LogP contribution in [0.4, 0.5) is 4.39 Å². The number of amides is 1. The van der Waals surface area contributed by atoms with Crippen LogP contribution in [0.2, 0.25) is 0 Å². The van der Waals surface area contributed by atoms with E-state index in [9.17, 15) is 14.0 Å². The van der Waals surface area contributed by atoms with Gasteiger partial charge in [-0.2, -0.15) is 0 Å². The number of ether oxygens (including phenoxy) is 1. The molecule has 0 heterocycles. The van der Waals surface area contributed by atoms with Crippen LogP contribution in [0.15, 0.2) is 22.7 Å². The Bertz CT molecular complexity index is 470. The molecule has 18 heavy (non-hydrogen) atoms. The number of benzene rings is 1. The molecule has 4 nitrogen and oxygen atoms in total. The number of halogens is 3. The first kappa shape index (κ1) is 14.9. The molecule has 0 aliphatic rings. The van der Waals surface area contributed by atoms with Gasteiger partial charge in [0.1, 0.15) is 11.2 Å². The van der Waals surface area contributed by atoms with Crippen molar-refractivity contribution in [3.8, 4) is 0 Å². The first-order valence-corrected chi connectivity index (χ1v) is 6.13. The average Bonchev–Trinajstić information content (AvgIpc) is 2.37. The minimum atomic E-state index is -1.01. The highest BCUT2D eigenvalue weighted by Gasteiger charge is 2.18. The summed E-state index contributed by atoms with van der Waals surface area (Å²) in [5.41, 5.74) is -0.127. The van der Waals surface area contributed by atoms with Gasteiger partial charge in [0.15, 0.2) is 0 Å². The number of alkyl halides is 1. The predicted octanol–water partition coefficient (Wildman–Crippen LogP) is 2.10. The number of nitrogens with one attached hydrogen (secondary N) is 1. The molecule has 0 spiro atoms. The van der Waals surface area contributed by atoms with Crippen LogP contribution in [0.3, 0.4) is 0 Å². The van der Waals surface area contributed by atoms with Crippen LogP contribution in [0.1, 0.15) is 10.4 Å². The predicted molar refractivity (Wildman–Crippen MR) is 68.1 cm³/mol. The van der Waals surface area contributed by atoms with E-state index >= 15 is 0 Å². The normalized spacial score (nSPS) is 11.8. The number of carbonyl (C=O) groups is 2. The Morgan fingerprint density at radius 1 is 1.56 bits per heavy atom. The van der Waals surface area contributed by atoms with E-state index in [1.807, 2.05) is 0 Å². The van der Waals surface area contributed by atoms with Crippen LogP contribution in [0.5, 0.6) is 0 Å². The molecule has 0 saturated carbocycles. The smallest absolute Gasteiger partial charge is 0.325 e. The zero-order chi connectivity index (χ0) is 13.7. The standard InChI is InChI=1S/C11H10BrClFNO3/c1-18-11(17)8(13)5-15-10(16)7-4-6(12)2-3-9(7)14/h2-4,8H,5H2,1H3,(H,15,16). The SMILES string of the molecule is COC(=O)C(Cl)CNC(=O)c1cc(Br)ccc1F. The molecule has 98 valence electrons. The molecule has 0 aliphatic carbocycles. The maximum Gasteiger partial charge on any atom is 0.325 e. The van der Waals surface area contributed by atoms with Gasteiger partial charge in [-0.3, -0.25) is 9.59 Å². The molecule has 0 fully saturated rings. The Labute approximate surface area is 117 Å². The number of rotatable bonds is 4. The molecule has 7 heteroatoms. The van der Waals surface area contributed by atoms with E-state index in [-0.39, 0.29) is 12.1 Å². The third-order valence-electron chi connectivity index (χ3n) is 2.07. The van der Waals surface area contributed by atoms with Gasteiger partial charge < -0.3 is 10.1 Å². The fourth-order valence-electron chi connectivity index (χ4n) is 1.16. The summed E-state index contributed by atoms with van der Waals surface area (Å²) in [6.07, 6.45) is 0. The Balaban J connectivity index is 2.66. The molecule has 0 saturated heterocycles. The Morgan fingerprint density at radius 2 is 2.22 bits per heavy atom. The lowest BCUT2D eigenvalue weighted by atomic mass is 10.2. The summed E-state index contributed by atoms with van der Waals surface area (Å²) in [5.74, 6) is -1.96. The highest BCUT2D eigenvalue weighted by Crippen LogP contribution is 2.15. The third-order valence-corrected chi connectivity index (χ3v) is 2.90. The van der Waals surface area contributed by atoms with Crippen molar-refractivity contribution in [1.82, 2.24) is 5.32 Å². The van der Waals surface area contributed by atoms with Crippen molar-refractivity contribution in [1.29, 1.82) is 0 Å². The maximum atomic E-state index is 13.4. The second kappa shape index (κ2) is 6.70. The molecule has 1 atom stereocenters. The molecule has 1 amide bonds. The zero-order valence-electron chi connectivity index (χ0n) is 9.38. The highest BCUT2D eigenvalue weighted by molar-refractivity contribution is 9.10. The molecule has 1 N–H and O–H groups in total. The Morgan fingerprint density at radius 3 is 2.83 bits per heavy atom. The fraction of sp³-hybridized carbons (Fsp3) is 0.273. The summed E-state index contributed by atoms with van der Waals surface area (Å²) in [5, 5.41) is 1.34. The summed E-state index contributed by atoms with van der Waals surface area (Å²) in [4.78, 5) is 22.6. The van der Waals surface area contributed by atoms with E-state index in [4.69, 9.17) is 11.6 Å². The van der Waals surface area contributed by atoms with Crippen molar-refractivity contribution in [2.24, 2.45) is 0 Å². The monoisotopic (exact) mass is 337 g/mol. The summed E-state index contributed by atoms with van der Waals surface area (Å²) in [7, 11) is 1.19. The summed E-state index contributed by atoms with van der Waals surface area (Å²) < 4.78 is 18.3. The first-order chi connectivity index (χ1) is 8.45. The Kier molecular flexibility index (Phi) is 5.55. The number of hydrogen-bond acceptors (Lipinski definition) is 3. The van der Waals surface area contributed by atoms with Crippen molar-refractivity contribution in [2.45, 2.75) is 5.38 Å². The fourth-order valence-corrected chi connectivity index (χ4v) is 1.69. The van der Waals surface area contributed by atoms with Crippen LogP contribution in [-0.4, -0.2) is 30.9 Å². The molecule has 0 radical (unpaired) electrons. The average molecular weight is 339 g/mol. The molecule has 1 aromatic rings. The van der Waals surface area contributed by atoms with Crippen molar-refractivity contribution in [3.63, 3.8) is 0 Å². The quantitative estimate of drug-likeness (QED) is 0.676. The van der Waals surface area contributed by atoms with Crippen LogP contribution >= 0.6 is 27.5 Å². The van der Waals surface area contributed by atoms with Gasteiger partial charge in [0.2, 0.25) is 0 Å². The van der Waals surface area contributed by atoms with Crippen molar-refractivity contribution in [2.75, 3.05) is 13.7 Å². The summed E-state index contributed by atoms with van der Waals surface area (Å²) >= 11 is 8.77. The molecule has 1 aromatic carbocycles. The number of carbonyl (C=O) groups excluding carboxylic acids is 2. The van der Waals surface area contributed by atoms with Gasteiger partial charge in [-0.15, -0.1) is 11.6 Å². The van der Waals surface area contributed by atoms with E-state index in [1.54, 1.807) is 0 Å². The number of hydrogen-bond donors (Lipinski definition) is 1. The lowest BCUT2D eigenvalue weighted by Crippen LogP contribution is -2.34. The minimum Gasteiger partial charge on any atom is -0.468 e. The number of methoxy groups -OCH3 is 1. The second-order valence-corrected chi connectivity index (χ2v) is 4.77. The van der Waals surface area contributed by atoms with Crippen LogP contribution in [0, 0.1) is 5.82 Å². The molecule has 0 aliphatic heterocycles. The molecule has 1 unspecified atom stereocenters. The lowest BCUT2D eigenvalue weighted by Gasteiger charge is -2.09. The van der Waals surface area contributed by atoms with Crippen LogP contribution < -0.4 is 5.32 Å². The van der Waals surface area contributed by atoms with Gasteiger partial charge in [0.05, 0.1) is 12.7 Å². The molecule has 0 aromatic heterocycles. The largest absolute Gasteiger partial charge is 0.468 e. The van der Waals surface area contributed by atoms with Gasteiger partial charge >= 0.3 is 5.97 Å². The van der Waals surface area contributed by atoms with Gasteiger partial charge in [-0.25, -0.2) is 4.39 Å². The molecule has 1 rings (SSSR count). The summed E-state index contributed by atoms with van der Waals surface area (Å²) in [6, 6.07) is 3.98. The van der Waals surface area contributed by atoms with E-state index in [1.165, 1.54) is 19.2 Å². The minimum absolute atomic E-state index is 0.127. The van der Waals surface area contributed by atoms with Crippen molar-refractivity contribution >= 4 is 39.4 Å². The van der Waals surface area contributed by atoms with Gasteiger partial charge in [0.25, 0.3) is 5.91 Å². The second-order valence-electron chi connectivity index (χ2n) is 3.32. The zero-order valence-corrected chi connectivity index (χ0v) is 11.7. The summed E-state index contributed by atoms with van der Waals surface area (Å²) in [6.45, 7) is -0.140. The molecule has 0 bridgehead atoms. The van der Waals surface area contributed by atoms with Gasteiger partial charge in [-0.05, 0) is 18.2 Å². The van der Waals surface area contributed by atoms with E-state index in [0.29, 0.717) is 4.47 Å². The lowest BCUT2D eigenvalue weighted by molar-refractivity contribution is -0.140. The van der Waals surface area contributed by atoms with E-state index in [0.717, 1.165) is 6.07 Å². The maximum absolute atomic E-state index is 13.4. The van der Waals surface area contributed by atoms with Crippen LogP contribution in [-0.2, 0) is 9.53 Å². The van der Waals surface area contributed by atoms with E-state index < -0.39 is 23.1 Å². The van der Waals surface area contributed by atoms with Crippen molar-refractivity contribution in [3.05, 3.63) is 34.1 Å². The number of esters is 1. The van der Waals surface area contributed by atoms with E-state index in [2.05, 4.69) is 26.0 Å². The molecular formula is C11H10BrClFNO3. The van der Waals surface area contributed by atoms with Gasteiger partial charge in [0, 0.05) is 11.0 Å². The topological polar surface area (TPSA) is 55.4 Å². The van der Waals surface area contributed by atoms with Crippen LogP contribution in [0.25, 0.3) is 0 Å². The first-order valence-electron chi connectivity index (χ1n) is 4.91. The highest BCUT2D eigenvalue weighted by atomic mass is 79.9. The molecular weight excluding hydrogens is 328 g/mol. The van der Waals surface area contributed by atoms with Crippen molar-refractivity contribution < 1.29 is 18.7 Å².